The third-order valence-electron chi connectivity index (χ3n) is 4.09. The van der Waals surface area contributed by atoms with Crippen LogP contribution in [0.2, 0.25) is 0 Å². The van der Waals surface area contributed by atoms with Gasteiger partial charge in [-0.25, -0.2) is 0 Å². The quantitative estimate of drug-likeness (QED) is 0.619. The Balaban J connectivity index is 2.67. The summed E-state index contributed by atoms with van der Waals surface area (Å²) in [5, 5.41) is 10.1. The zero-order valence-corrected chi connectivity index (χ0v) is 12.2. The fraction of sp³-hybridized carbons (Fsp3) is 0.800. The maximum atomic E-state index is 10.9. The molecule has 0 saturated heterocycles. The Morgan fingerprint density at radius 2 is 2.17 bits per heavy atom. The molecule has 0 bridgehead atoms. The number of carbonyl (C=O) groups excluding carboxylic acids is 1. The van der Waals surface area contributed by atoms with Crippen LogP contribution < -0.4 is 0 Å². The molecule has 0 aromatic rings. The molecule has 3 nitrogen and oxygen atoms in total. The lowest BCUT2D eigenvalue weighted by Crippen LogP contribution is -2.35. The number of esters is 1. The van der Waals surface area contributed by atoms with Gasteiger partial charge >= 0.3 is 5.97 Å². The van der Waals surface area contributed by atoms with Gasteiger partial charge in [-0.05, 0) is 39.5 Å². The Labute approximate surface area is 110 Å². The number of hydrogen-bond donors (Lipinski definition) is 1. The van der Waals surface area contributed by atoms with Crippen LogP contribution >= 0.6 is 0 Å². The van der Waals surface area contributed by atoms with E-state index < -0.39 is 0 Å². The molecule has 0 fully saturated rings. The van der Waals surface area contributed by atoms with Crippen molar-refractivity contribution in [1.82, 2.24) is 0 Å². The molecule has 0 aliphatic heterocycles. The van der Waals surface area contributed by atoms with Crippen LogP contribution in [0.1, 0.15) is 60.3 Å². The first-order valence-corrected chi connectivity index (χ1v) is 6.79. The maximum Gasteiger partial charge on any atom is 0.302 e. The number of ether oxygens (including phenoxy) is 1. The van der Waals surface area contributed by atoms with Gasteiger partial charge in [-0.3, -0.25) is 4.79 Å². The number of aliphatic hydroxyl groups excluding tert-OH is 1. The molecule has 0 spiro atoms. The highest BCUT2D eigenvalue weighted by Crippen LogP contribution is 2.42. The van der Waals surface area contributed by atoms with Crippen LogP contribution in [0.4, 0.5) is 0 Å². The van der Waals surface area contributed by atoms with E-state index in [0.717, 1.165) is 25.7 Å². The first-order valence-electron chi connectivity index (χ1n) is 6.79. The summed E-state index contributed by atoms with van der Waals surface area (Å²) in [7, 11) is 0. The number of rotatable bonds is 4. The molecule has 104 valence electrons. The highest BCUT2D eigenvalue weighted by atomic mass is 16.5. The highest BCUT2D eigenvalue weighted by Gasteiger charge is 2.35. The molecule has 1 aliphatic rings. The zero-order chi connectivity index (χ0) is 13.9. The van der Waals surface area contributed by atoms with E-state index in [-0.39, 0.29) is 23.6 Å². The molecule has 0 aromatic carbocycles. The van der Waals surface area contributed by atoms with Crippen LogP contribution in [0, 0.1) is 5.41 Å². The molecule has 2 unspecified atom stereocenters. The van der Waals surface area contributed by atoms with E-state index in [0.29, 0.717) is 0 Å². The van der Waals surface area contributed by atoms with Gasteiger partial charge < -0.3 is 9.84 Å². The zero-order valence-electron chi connectivity index (χ0n) is 12.2. The Hall–Kier alpha value is -0.830. The lowest BCUT2D eigenvalue weighted by atomic mass is 9.69. The summed E-state index contributed by atoms with van der Waals surface area (Å²) in [6.07, 6.45) is 3.22. The summed E-state index contributed by atoms with van der Waals surface area (Å²) in [5.41, 5.74) is 2.57. The molecule has 0 radical (unpaired) electrons. The van der Waals surface area contributed by atoms with E-state index in [1.54, 1.807) is 0 Å². The van der Waals surface area contributed by atoms with Crippen LogP contribution in [-0.2, 0) is 9.53 Å². The number of carbonyl (C=O) groups is 1. The second-order valence-corrected chi connectivity index (χ2v) is 5.99. The molecule has 0 amide bonds. The first kappa shape index (κ1) is 15.2. The van der Waals surface area contributed by atoms with E-state index >= 15 is 0 Å². The second kappa shape index (κ2) is 5.87. The van der Waals surface area contributed by atoms with Crippen LogP contribution in [0.5, 0.6) is 0 Å². The van der Waals surface area contributed by atoms with Crippen LogP contribution in [-0.4, -0.2) is 23.3 Å². The third-order valence-corrected chi connectivity index (χ3v) is 4.09. The summed E-state index contributed by atoms with van der Waals surface area (Å²) < 4.78 is 5.15. The Bertz CT molecular complexity index is 342. The topological polar surface area (TPSA) is 46.5 Å². The summed E-state index contributed by atoms with van der Waals surface area (Å²) in [4.78, 5) is 10.9. The van der Waals surface area contributed by atoms with Crippen LogP contribution in [0.3, 0.4) is 0 Å². The first-order chi connectivity index (χ1) is 8.25. The van der Waals surface area contributed by atoms with Gasteiger partial charge in [0.15, 0.2) is 0 Å². The Kier molecular flexibility index (Phi) is 4.97. The summed E-state index contributed by atoms with van der Waals surface area (Å²) in [5.74, 6) is -0.226. The minimum atomic E-state index is -0.264. The number of aliphatic hydroxyl groups is 1. The Morgan fingerprint density at radius 3 is 2.72 bits per heavy atom. The molecule has 0 aromatic heterocycles. The molecule has 1 rings (SSSR count). The highest BCUT2D eigenvalue weighted by molar-refractivity contribution is 5.66. The van der Waals surface area contributed by atoms with Crippen LogP contribution in [0.15, 0.2) is 11.1 Å². The van der Waals surface area contributed by atoms with Gasteiger partial charge in [0.1, 0.15) is 0 Å². The smallest absolute Gasteiger partial charge is 0.302 e. The van der Waals surface area contributed by atoms with Crippen molar-refractivity contribution in [2.75, 3.05) is 0 Å². The van der Waals surface area contributed by atoms with Gasteiger partial charge in [0, 0.05) is 12.3 Å². The average Bonchev–Trinajstić information content (AvgIpc) is 2.22. The van der Waals surface area contributed by atoms with Gasteiger partial charge in [-0.1, -0.05) is 25.0 Å². The maximum absolute atomic E-state index is 10.9. The Morgan fingerprint density at radius 1 is 1.56 bits per heavy atom. The predicted octanol–water partition coefficient (Wildman–Crippen LogP) is 3.22. The van der Waals surface area contributed by atoms with Crippen molar-refractivity contribution in [3.8, 4) is 0 Å². The van der Waals surface area contributed by atoms with Crippen LogP contribution in [0.25, 0.3) is 0 Å². The van der Waals surface area contributed by atoms with Gasteiger partial charge in [0.2, 0.25) is 0 Å². The van der Waals surface area contributed by atoms with E-state index in [4.69, 9.17) is 4.74 Å². The van der Waals surface area contributed by atoms with Gasteiger partial charge in [0.25, 0.3) is 0 Å². The van der Waals surface area contributed by atoms with E-state index in [2.05, 4.69) is 20.8 Å². The molecular weight excluding hydrogens is 228 g/mol. The van der Waals surface area contributed by atoms with Crippen molar-refractivity contribution >= 4 is 5.97 Å². The summed E-state index contributed by atoms with van der Waals surface area (Å²) in [6, 6.07) is 0. The molecule has 2 atom stereocenters. The predicted molar refractivity (Wildman–Crippen MR) is 72.2 cm³/mol. The van der Waals surface area contributed by atoms with E-state index in [1.165, 1.54) is 18.1 Å². The number of allylic oxidation sites excluding steroid dienone is 1. The number of hydrogen-bond acceptors (Lipinski definition) is 3. The molecule has 1 N–H and O–H groups in total. The molecule has 3 heteroatoms. The largest absolute Gasteiger partial charge is 0.463 e. The standard InChI is InChI=1S/C15H26O3/c1-10-6-9-14(17)15(4,5)13(10)8-7-11(2)18-12(3)16/h11,14,17H,6-9H2,1-5H3. The summed E-state index contributed by atoms with van der Waals surface area (Å²) in [6.45, 7) is 9.72. The third kappa shape index (κ3) is 3.58. The SMILES string of the molecule is CC(=O)OC(C)CCC1=C(C)CCC(O)C1(C)C. The monoisotopic (exact) mass is 254 g/mol. The second-order valence-electron chi connectivity index (χ2n) is 5.99. The minimum absolute atomic E-state index is 0.0577. The van der Waals surface area contributed by atoms with E-state index in [1.807, 2.05) is 6.92 Å². The van der Waals surface area contributed by atoms with Crippen molar-refractivity contribution in [2.45, 2.75) is 72.5 Å². The van der Waals surface area contributed by atoms with Gasteiger partial charge in [0.05, 0.1) is 12.2 Å². The molecule has 0 saturated carbocycles. The molecular formula is C15H26O3. The minimum Gasteiger partial charge on any atom is -0.463 e. The van der Waals surface area contributed by atoms with Crippen molar-refractivity contribution in [3.05, 3.63) is 11.1 Å². The fourth-order valence-electron chi connectivity index (χ4n) is 2.84. The van der Waals surface area contributed by atoms with Crippen molar-refractivity contribution in [1.29, 1.82) is 0 Å². The summed E-state index contributed by atoms with van der Waals surface area (Å²) >= 11 is 0. The molecule has 0 heterocycles. The molecule has 18 heavy (non-hydrogen) atoms. The van der Waals surface area contributed by atoms with Gasteiger partial charge in [-0.2, -0.15) is 0 Å². The average molecular weight is 254 g/mol. The van der Waals surface area contributed by atoms with Crippen molar-refractivity contribution in [2.24, 2.45) is 5.41 Å². The van der Waals surface area contributed by atoms with Crippen molar-refractivity contribution in [3.63, 3.8) is 0 Å². The van der Waals surface area contributed by atoms with Gasteiger partial charge in [-0.15, -0.1) is 0 Å². The lowest BCUT2D eigenvalue weighted by molar-refractivity contribution is -0.145. The van der Waals surface area contributed by atoms with E-state index in [9.17, 15) is 9.90 Å². The van der Waals surface area contributed by atoms with Crippen molar-refractivity contribution < 1.29 is 14.6 Å². The lowest BCUT2D eigenvalue weighted by Gasteiger charge is -2.39. The fourth-order valence-corrected chi connectivity index (χ4v) is 2.84. The normalized spacial score (nSPS) is 24.9. The molecule has 1 aliphatic carbocycles.